The molecule has 0 amide bonds. The molecule has 2 heterocycles. The van der Waals surface area contributed by atoms with Gasteiger partial charge in [-0.1, -0.05) is 0 Å². The van der Waals surface area contributed by atoms with Gasteiger partial charge in [0.1, 0.15) is 24.2 Å². The molecule has 11 nitrogen and oxygen atoms in total. The molecule has 5 atom stereocenters. The number of hydrogen-bond donors (Lipinski definition) is 3. The molecule has 3 N–H and O–H groups in total. The van der Waals surface area contributed by atoms with Crippen molar-refractivity contribution in [2.24, 2.45) is 5.92 Å². The Morgan fingerprint density at radius 1 is 1.48 bits per heavy atom. The number of rotatable bonds is 7. The van der Waals surface area contributed by atoms with Crippen LogP contribution in [0.1, 0.15) is 27.0 Å². The summed E-state index contributed by atoms with van der Waals surface area (Å²) in [7, 11) is 0. The van der Waals surface area contributed by atoms with E-state index in [1.807, 2.05) is 6.07 Å². The van der Waals surface area contributed by atoms with E-state index in [1.54, 1.807) is 13.8 Å². The van der Waals surface area contributed by atoms with Crippen LogP contribution in [0.25, 0.3) is 0 Å². The number of ether oxygens (including phenoxy) is 2. The molecule has 27 heavy (non-hydrogen) atoms. The molecule has 1 aliphatic heterocycles. The van der Waals surface area contributed by atoms with Crippen LogP contribution in [-0.2, 0) is 19.1 Å². The quantitative estimate of drug-likeness (QED) is 0.389. The summed E-state index contributed by atoms with van der Waals surface area (Å²) in [6, 6.07) is 2.25. The molecular formula is C16H22N4O7. The first kappa shape index (κ1) is 20.8. The molecule has 1 aromatic rings. The molecule has 0 unspecified atom stereocenters. The number of nitrogens with one attached hydrogen (secondary N) is 2. The van der Waals surface area contributed by atoms with Crippen LogP contribution < -0.4 is 16.7 Å². The maximum atomic E-state index is 11.9. The first-order chi connectivity index (χ1) is 12.7. The molecule has 1 aliphatic rings. The summed E-state index contributed by atoms with van der Waals surface area (Å²) >= 11 is 0. The van der Waals surface area contributed by atoms with Crippen LogP contribution in [0, 0.1) is 17.2 Å². The van der Waals surface area contributed by atoms with Crippen molar-refractivity contribution in [2.75, 3.05) is 6.61 Å². The first-order valence-electron chi connectivity index (χ1n) is 8.37. The number of H-pyrrole nitrogens is 1. The summed E-state index contributed by atoms with van der Waals surface area (Å²) in [5, 5.41) is 19.6. The molecule has 1 saturated heterocycles. The lowest BCUT2D eigenvalue weighted by Gasteiger charge is -2.18. The number of hydroxylamine groups is 1. The summed E-state index contributed by atoms with van der Waals surface area (Å²) in [5.74, 6) is -1.56. The average molecular weight is 382 g/mol. The van der Waals surface area contributed by atoms with Gasteiger partial charge < -0.3 is 14.6 Å². The minimum absolute atomic E-state index is 0.187. The highest BCUT2D eigenvalue weighted by molar-refractivity contribution is 5.75. The number of aliphatic hydroxyl groups excluding tert-OH is 1. The van der Waals surface area contributed by atoms with Crippen LogP contribution in [0.15, 0.2) is 21.9 Å². The second kappa shape index (κ2) is 8.92. The van der Waals surface area contributed by atoms with Gasteiger partial charge in [0.25, 0.3) is 5.56 Å². The summed E-state index contributed by atoms with van der Waals surface area (Å²) in [6.07, 6.45) is -2.34. The second-order valence-electron chi connectivity index (χ2n) is 6.36. The predicted octanol–water partition coefficient (Wildman–Crippen LogP) is -1.20. The number of carbonyl (C=O) groups excluding carboxylic acids is 1. The molecule has 0 saturated carbocycles. The summed E-state index contributed by atoms with van der Waals surface area (Å²) in [4.78, 5) is 42.0. The van der Waals surface area contributed by atoms with Gasteiger partial charge in [0.2, 0.25) is 0 Å². The highest BCUT2D eigenvalue weighted by atomic mass is 16.7. The largest absolute Gasteiger partial charge is 0.462 e. The van der Waals surface area contributed by atoms with Crippen LogP contribution in [0.2, 0.25) is 0 Å². The van der Waals surface area contributed by atoms with Crippen LogP contribution in [0.4, 0.5) is 0 Å². The fourth-order valence-corrected chi connectivity index (χ4v) is 2.53. The Morgan fingerprint density at radius 2 is 2.19 bits per heavy atom. The van der Waals surface area contributed by atoms with E-state index in [0.717, 1.165) is 10.6 Å². The van der Waals surface area contributed by atoms with Crippen molar-refractivity contribution < 1.29 is 24.2 Å². The van der Waals surface area contributed by atoms with Crippen LogP contribution in [0.3, 0.4) is 0 Å². The first-order valence-corrected chi connectivity index (χ1v) is 8.37. The Balaban J connectivity index is 1.99. The molecule has 2 rings (SSSR count). The Kier molecular flexibility index (Phi) is 6.86. The molecule has 0 aromatic carbocycles. The van der Waals surface area contributed by atoms with Gasteiger partial charge in [0, 0.05) is 12.3 Å². The van der Waals surface area contributed by atoms with E-state index in [4.69, 9.17) is 14.3 Å². The van der Waals surface area contributed by atoms with E-state index >= 15 is 0 Å². The topological polar surface area (TPSA) is 156 Å². The maximum Gasteiger partial charge on any atom is 0.330 e. The van der Waals surface area contributed by atoms with Crippen molar-refractivity contribution in [1.82, 2.24) is 15.0 Å². The zero-order chi connectivity index (χ0) is 20.1. The molecule has 0 radical (unpaired) electrons. The van der Waals surface area contributed by atoms with Crippen molar-refractivity contribution in [3.63, 3.8) is 0 Å². The lowest BCUT2D eigenvalue weighted by molar-refractivity contribution is -0.156. The average Bonchev–Trinajstić information content (AvgIpc) is 2.89. The van der Waals surface area contributed by atoms with Gasteiger partial charge in [-0.2, -0.15) is 10.7 Å². The lowest BCUT2D eigenvalue weighted by atomic mass is 10.0. The van der Waals surface area contributed by atoms with E-state index in [-0.39, 0.29) is 12.7 Å². The van der Waals surface area contributed by atoms with E-state index < -0.39 is 47.6 Å². The molecule has 0 bridgehead atoms. The van der Waals surface area contributed by atoms with Crippen molar-refractivity contribution in [3.05, 3.63) is 33.1 Å². The van der Waals surface area contributed by atoms with Gasteiger partial charge in [0.05, 0.1) is 18.8 Å². The van der Waals surface area contributed by atoms with Gasteiger partial charge in [-0.05, 0) is 20.8 Å². The van der Waals surface area contributed by atoms with Gasteiger partial charge in [0.15, 0.2) is 6.23 Å². The number of carbonyl (C=O) groups is 1. The fraction of sp³-hybridized carbons (Fsp3) is 0.625. The summed E-state index contributed by atoms with van der Waals surface area (Å²) in [5.41, 5.74) is 1.13. The van der Waals surface area contributed by atoms with Crippen LogP contribution in [-0.4, -0.2) is 51.6 Å². The predicted molar refractivity (Wildman–Crippen MR) is 90.1 cm³/mol. The zero-order valence-electron chi connectivity index (χ0n) is 15.1. The second-order valence-corrected chi connectivity index (χ2v) is 6.36. The maximum absolute atomic E-state index is 11.9. The smallest absolute Gasteiger partial charge is 0.330 e. The number of aromatic nitrogens is 2. The molecular weight excluding hydrogens is 360 g/mol. The van der Waals surface area contributed by atoms with E-state index in [0.29, 0.717) is 0 Å². The summed E-state index contributed by atoms with van der Waals surface area (Å²) < 4.78 is 11.6. The van der Waals surface area contributed by atoms with Crippen molar-refractivity contribution in [1.29, 1.82) is 5.26 Å². The number of nitrogens with zero attached hydrogens (tertiary/aromatic N) is 2. The van der Waals surface area contributed by atoms with E-state index in [1.165, 1.54) is 13.1 Å². The van der Waals surface area contributed by atoms with Gasteiger partial charge in [-0.25, -0.2) is 4.79 Å². The van der Waals surface area contributed by atoms with Gasteiger partial charge in [-0.3, -0.25) is 24.0 Å². The molecule has 11 heteroatoms. The Hall–Kier alpha value is -2.52. The third-order valence-electron chi connectivity index (χ3n) is 3.86. The Morgan fingerprint density at radius 3 is 2.78 bits per heavy atom. The number of hydrogen-bond acceptors (Lipinski definition) is 9. The zero-order valence-corrected chi connectivity index (χ0v) is 15.1. The minimum Gasteiger partial charge on any atom is -0.462 e. The van der Waals surface area contributed by atoms with Crippen molar-refractivity contribution in [3.8, 4) is 6.07 Å². The van der Waals surface area contributed by atoms with Gasteiger partial charge in [-0.15, -0.1) is 0 Å². The number of esters is 1. The van der Waals surface area contributed by atoms with E-state index in [9.17, 15) is 24.8 Å². The highest BCUT2D eigenvalue weighted by Crippen LogP contribution is 2.33. The normalized spacial score (nSPS) is 25.9. The lowest BCUT2D eigenvalue weighted by Crippen LogP contribution is -2.39. The molecule has 1 fully saturated rings. The third kappa shape index (κ3) is 5.01. The van der Waals surface area contributed by atoms with Crippen molar-refractivity contribution >= 4 is 5.97 Å². The standard InChI is InChI=1S/C16H22N4O7/c1-8(2)26-15(23)9(3)19-25-7-11-13(22)10(6-17)14(27-11)20-5-4-12(21)18-16(20)24/h4-5,8-11,13-14,19,22H,7H2,1-3H3,(H,18,21,24)/t9-,10+,11+,13-,14+/m0/s1. The number of aliphatic hydroxyl groups is 1. The Bertz CT molecular complexity index is 812. The molecule has 0 spiro atoms. The third-order valence-corrected chi connectivity index (χ3v) is 3.86. The highest BCUT2D eigenvalue weighted by Gasteiger charge is 2.45. The molecule has 148 valence electrons. The molecule has 0 aliphatic carbocycles. The van der Waals surface area contributed by atoms with Crippen molar-refractivity contribution in [2.45, 2.75) is 51.4 Å². The van der Waals surface area contributed by atoms with Gasteiger partial charge >= 0.3 is 11.7 Å². The number of aromatic amines is 1. The number of nitriles is 1. The van der Waals surface area contributed by atoms with Crippen LogP contribution >= 0.6 is 0 Å². The monoisotopic (exact) mass is 382 g/mol. The van der Waals surface area contributed by atoms with Crippen LogP contribution in [0.5, 0.6) is 0 Å². The SMILES string of the molecule is CC(C)OC(=O)[C@H](C)NOC[C@H]1O[C@@H](n2ccc(=O)[nH]c2=O)[C@H](C#N)[C@@H]1O. The summed E-state index contributed by atoms with van der Waals surface area (Å²) in [6.45, 7) is 4.79. The van der Waals surface area contributed by atoms with E-state index in [2.05, 4.69) is 10.5 Å². The Labute approximate surface area is 154 Å². The fourth-order valence-electron chi connectivity index (χ4n) is 2.53. The molecule has 1 aromatic heterocycles. The minimum atomic E-state index is -1.24.